The first kappa shape index (κ1) is 52.9. The van der Waals surface area contributed by atoms with E-state index < -0.39 is 17.9 Å². The molecule has 3 aliphatic rings. The fraction of sp³-hybridized carbons (Fsp3) is 0.271. The van der Waals surface area contributed by atoms with Crippen LogP contribution in [0.25, 0.3) is 32.3 Å². The molecular weight excluding hydrogens is 1010 g/mol. The molecule has 0 saturated heterocycles. The van der Waals surface area contributed by atoms with Crippen molar-refractivity contribution >= 4 is 78.7 Å². The van der Waals surface area contributed by atoms with Gasteiger partial charge < -0.3 is 54.2 Å². The first-order valence-corrected chi connectivity index (χ1v) is 23.4. The zero-order chi connectivity index (χ0) is 48.5. The number of allylic oxidation sites excluding steroid dienone is 8. The Morgan fingerprint density at radius 2 is 0.957 bits per heavy atom. The number of nitrogens with zero attached hydrogens (tertiary/aromatic N) is 3. The molecule has 70 heavy (non-hydrogen) atoms. The summed E-state index contributed by atoms with van der Waals surface area (Å²) < 4.78 is 4.31. The maximum Gasteiger partial charge on any atom is 0.309 e. The van der Waals surface area contributed by atoms with Gasteiger partial charge in [-0.3, -0.25) is 14.4 Å². The highest BCUT2D eigenvalue weighted by Crippen LogP contribution is 2.51. The van der Waals surface area contributed by atoms with Crippen LogP contribution < -0.4 is 38.9 Å². The minimum absolute atomic E-state index is 0. The van der Waals surface area contributed by atoms with Gasteiger partial charge in [0, 0.05) is 59.6 Å². The van der Waals surface area contributed by atoms with Crippen LogP contribution in [0.5, 0.6) is 0 Å². The Hall–Kier alpha value is -6.43. The third-order valence-corrected chi connectivity index (χ3v) is 14.2. The van der Waals surface area contributed by atoms with E-state index in [1.165, 1.54) is 54.7 Å². The minimum atomic E-state index is -0.817. The molecule has 0 aliphatic carbocycles. The summed E-state index contributed by atoms with van der Waals surface area (Å²) in [5.41, 5.74) is 9.66. The maximum atomic E-state index is 11.5. The summed E-state index contributed by atoms with van der Waals surface area (Å²) in [6.07, 6.45) is 14.4. The van der Waals surface area contributed by atoms with Crippen LogP contribution in [0.3, 0.4) is 0 Å². The highest BCUT2D eigenvalue weighted by molar-refractivity contribution is 6.08. The van der Waals surface area contributed by atoms with E-state index in [-0.39, 0.29) is 69.5 Å². The van der Waals surface area contributed by atoms with Crippen LogP contribution in [-0.2, 0) is 30.6 Å². The molecule has 362 valence electrons. The molecule has 3 N–H and O–H groups in total. The molecule has 3 aliphatic heterocycles. The van der Waals surface area contributed by atoms with Crippen molar-refractivity contribution in [1.82, 2.24) is 0 Å². The molecule has 9 nitrogen and oxygen atoms in total. The summed E-state index contributed by atoms with van der Waals surface area (Å²) in [6, 6.07) is 37.8. The Morgan fingerprint density at radius 1 is 0.514 bits per heavy atom. The zero-order valence-corrected chi connectivity index (χ0v) is 44.0. The molecule has 0 amide bonds. The third-order valence-electron chi connectivity index (χ3n) is 14.2. The van der Waals surface area contributed by atoms with Crippen molar-refractivity contribution in [3.63, 3.8) is 0 Å². The summed E-state index contributed by atoms with van der Waals surface area (Å²) in [4.78, 5) is 36.2. The van der Waals surface area contributed by atoms with Crippen molar-refractivity contribution in [2.75, 3.05) is 24.5 Å². The number of aliphatic carboxylic acids is 3. The Labute approximate surface area is 431 Å². The topological polar surface area (TPSA) is 121 Å². The highest BCUT2D eigenvalue weighted by atomic mass is 79.9. The summed E-state index contributed by atoms with van der Waals surface area (Å²) in [5, 5.41) is 35.1. The predicted octanol–water partition coefficient (Wildman–Crippen LogP) is 6.39. The Kier molecular flexibility index (Phi) is 16.1. The molecule has 9 rings (SSSR count). The van der Waals surface area contributed by atoms with Gasteiger partial charge in [0.25, 0.3) is 0 Å². The van der Waals surface area contributed by atoms with E-state index in [0.29, 0.717) is 19.6 Å². The van der Waals surface area contributed by atoms with Crippen molar-refractivity contribution in [3.05, 3.63) is 174 Å². The van der Waals surface area contributed by atoms with Gasteiger partial charge in [-0.2, -0.15) is 9.15 Å². The predicted molar refractivity (Wildman–Crippen MR) is 276 cm³/mol. The van der Waals surface area contributed by atoms with Gasteiger partial charge in [0.15, 0.2) is 24.5 Å². The molecule has 6 aromatic carbocycles. The molecular formula is C59H61Br2N3O6. The first-order valence-electron chi connectivity index (χ1n) is 23.4. The molecule has 0 fully saturated rings. The van der Waals surface area contributed by atoms with E-state index >= 15 is 0 Å². The van der Waals surface area contributed by atoms with Crippen molar-refractivity contribution in [2.24, 2.45) is 0 Å². The number of fused-ring (bicyclic) bond motifs is 9. The molecule has 3 heterocycles. The van der Waals surface area contributed by atoms with Crippen molar-refractivity contribution in [1.29, 1.82) is 0 Å². The van der Waals surface area contributed by atoms with Gasteiger partial charge in [-0.05, 0) is 89.9 Å². The fourth-order valence-electron chi connectivity index (χ4n) is 10.8. The molecule has 6 aromatic rings. The molecule has 0 unspecified atom stereocenters. The lowest BCUT2D eigenvalue weighted by atomic mass is 9.79. The summed E-state index contributed by atoms with van der Waals surface area (Å²) in [5.74, 6) is -2.39. The van der Waals surface area contributed by atoms with Crippen LogP contribution in [0.15, 0.2) is 157 Å². The monoisotopic (exact) mass is 1070 g/mol. The van der Waals surface area contributed by atoms with Crippen LogP contribution >= 0.6 is 0 Å². The second kappa shape index (κ2) is 21.3. The number of halogens is 2. The quantitative estimate of drug-likeness (QED) is 0.0907. The summed E-state index contributed by atoms with van der Waals surface area (Å²) in [7, 11) is 0. The largest absolute Gasteiger partial charge is 1.00 e. The van der Waals surface area contributed by atoms with Gasteiger partial charge in [-0.1, -0.05) is 123 Å². The normalized spacial score (nSPS) is 16.7. The number of hydrogen-bond acceptors (Lipinski definition) is 4. The first-order chi connectivity index (χ1) is 32.4. The van der Waals surface area contributed by atoms with Gasteiger partial charge >= 0.3 is 17.9 Å². The van der Waals surface area contributed by atoms with E-state index in [1.54, 1.807) is 0 Å². The fourth-order valence-corrected chi connectivity index (χ4v) is 10.8. The zero-order valence-electron chi connectivity index (χ0n) is 40.8. The van der Waals surface area contributed by atoms with Crippen LogP contribution in [0.4, 0.5) is 17.1 Å². The van der Waals surface area contributed by atoms with E-state index in [9.17, 15) is 24.6 Å². The second-order valence-electron chi connectivity index (χ2n) is 19.5. The van der Waals surface area contributed by atoms with E-state index in [4.69, 9.17) is 5.11 Å². The molecule has 0 spiro atoms. The van der Waals surface area contributed by atoms with Crippen LogP contribution in [0, 0.1) is 0 Å². The lowest BCUT2D eigenvalue weighted by Crippen LogP contribution is -3.00. The lowest BCUT2D eigenvalue weighted by Gasteiger charge is -2.26. The third kappa shape index (κ3) is 9.96. The van der Waals surface area contributed by atoms with Crippen LogP contribution in [-0.4, -0.2) is 73.4 Å². The number of hydrogen-bond donors (Lipinski definition) is 3. The van der Waals surface area contributed by atoms with Crippen LogP contribution in [0.1, 0.15) is 84.4 Å². The molecule has 0 saturated carbocycles. The number of anilines is 1. The summed E-state index contributed by atoms with van der Waals surface area (Å²) in [6.45, 7) is 16.7. The Balaban J connectivity index is 0.000000293. The smallest absolute Gasteiger partial charge is 0.309 e. The second-order valence-corrected chi connectivity index (χ2v) is 19.5. The van der Waals surface area contributed by atoms with Crippen LogP contribution in [0.2, 0.25) is 0 Å². The van der Waals surface area contributed by atoms with Gasteiger partial charge in [0.2, 0.25) is 11.4 Å². The highest BCUT2D eigenvalue weighted by Gasteiger charge is 2.46. The molecule has 0 aromatic heterocycles. The Morgan fingerprint density at radius 3 is 1.50 bits per heavy atom. The van der Waals surface area contributed by atoms with Gasteiger partial charge in [0.1, 0.15) is 12.8 Å². The molecule has 0 bridgehead atoms. The molecule has 11 heteroatoms. The van der Waals surface area contributed by atoms with E-state index in [0.717, 1.165) is 28.5 Å². The molecule has 0 atom stereocenters. The van der Waals surface area contributed by atoms with Crippen molar-refractivity contribution in [2.45, 2.75) is 84.0 Å². The number of rotatable bonds is 13. The van der Waals surface area contributed by atoms with E-state index in [2.05, 4.69) is 172 Å². The number of carboxylic acid groups (broad SMARTS) is 3. The average molecular weight is 1070 g/mol. The summed E-state index contributed by atoms with van der Waals surface area (Å²) >= 11 is 0. The minimum Gasteiger partial charge on any atom is -1.00 e. The number of carbonyl (C=O) groups is 3. The molecule has 0 radical (unpaired) electrons. The maximum absolute atomic E-state index is 11.5. The SMILES string of the molecule is CC1(C)C(/C=C/C=C/C=C/C=C2/N(CCC(=O)O)c3ccc4ccccc4c3C2(C)C)=[N+](CCC(=O)O)c2ccc3ccccc3c21.CC1=[N+](CCC(=O)O)c2ccc3ccccc3c2C1(C)C.[Br-].[Br-]. The van der Waals surface area contributed by atoms with Crippen molar-refractivity contribution in [3.8, 4) is 0 Å². The van der Waals surface area contributed by atoms with Gasteiger partial charge in [0.05, 0.1) is 17.3 Å². The lowest BCUT2D eigenvalue weighted by molar-refractivity contribution is -0.438. The van der Waals surface area contributed by atoms with Gasteiger partial charge in [-0.25, -0.2) is 0 Å². The number of benzene rings is 6. The van der Waals surface area contributed by atoms with Gasteiger partial charge in [-0.15, -0.1) is 0 Å². The number of carboxylic acids is 3. The van der Waals surface area contributed by atoms with Crippen molar-refractivity contribution < 1.29 is 72.8 Å². The Bertz CT molecular complexity index is 3230. The van der Waals surface area contributed by atoms with E-state index in [1.807, 2.05) is 42.5 Å². The average Bonchev–Trinajstić information content (AvgIpc) is 3.76. The standard InChI is InChI=1S/C41H40N2O4.C18H19NO2.2BrH/c1-40(2)34(42(26-24-36(44)45)32-22-20-28-14-10-12-16-30(28)38(32)40)18-8-6-5-7-9-19-35-41(3,4)39-31-17-13-11-15-29(31)21-23-33(39)43(35)27-25-37(46)47;1-12-18(2,3)17-14-7-5-4-6-13(14)8-9-15(17)19(12)11-10-16(20)21;;/h5-23H,24-27H2,1-4H3,(H-,44,45,46,47);4-9H,10-11H2,1-3H3;2*1H.